The van der Waals surface area contributed by atoms with Crippen molar-refractivity contribution in [1.29, 1.82) is 0 Å². The maximum atomic E-state index is 3.51. The van der Waals surface area contributed by atoms with Crippen LogP contribution in [0.2, 0.25) is 0 Å². The number of benzene rings is 1. The van der Waals surface area contributed by atoms with Crippen LogP contribution in [-0.2, 0) is 0 Å². The molecule has 0 aliphatic carbocycles. The maximum Gasteiger partial charge on any atom is 0.0606 e. The highest BCUT2D eigenvalue weighted by Gasteiger charge is 2.27. The highest BCUT2D eigenvalue weighted by atomic mass is 79.9. The molecule has 1 saturated heterocycles. The summed E-state index contributed by atoms with van der Waals surface area (Å²) in [5.41, 5.74) is 2.60. The Morgan fingerprint density at radius 1 is 1.33 bits per heavy atom. The summed E-state index contributed by atoms with van der Waals surface area (Å²) in [4.78, 5) is 2.51. The molecule has 4 heteroatoms. The zero-order valence-corrected chi connectivity index (χ0v) is 10.0. The molecule has 1 unspecified atom stereocenters. The second kappa shape index (κ2) is 3.68. The van der Waals surface area contributed by atoms with Gasteiger partial charge >= 0.3 is 0 Å². The molecule has 0 saturated carbocycles. The molecule has 15 heavy (non-hydrogen) atoms. The largest absolute Gasteiger partial charge is 0.381 e. The predicted molar refractivity (Wildman–Crippen MR) is 66.6 cm³/mol. The second-order valence-corrected chi connectivity index (χ2v) is 5.01. The van der Waals surface area contributed by atoms with Crippen LogP contribution in [0.3, 0.4) is 0 Å². The molecule has 3 rings (SSSR count). The average molecular weight is 268 g/mol. The van der Waals surface area contributed by atoms with Gasteiger partial charge in [-0.3, -0.25) is 0 Å². The number of halogens is 1. The lowest BCUT2D eigenvalue weighted by Crippen LogP contribution is -2.56. The normalized spacial score (nSPS) is 24.1. The van der Waals surface area contributed by atoms with E-state index in [4.69, 9.17) is 0 Å². The van der Waals surface area contributed by atoms with E-state index in [2.05, 4.69) is 49.7 Å². The Labute approximate surface area is 98.0 Å². The highest BCUT2D eigenvalue weighted by molar-refractivity contribution is 9.10. The zero-order chi connectivity index (χ0) is 10.3. The zero-order valence-electron chi connectivity index (χ0n) is 8.46. The van der Waals surface area contributed by atoms with Gasteiger partial charge in [-0.1, -0.05) is 15.9 Å². The molecule has 0 aromatic heterocycles. The summed E-state index contributed by atoms with van der Waals surface area (Å²) in [7, 11) is 0. The van der Waals surface area contributed by atoms with E-state index < -0.39 is 0 Å². The van der Waals surface area contributed by atoms with Crippen molar-refractivity contribution in [2.24, 2.45) is 0 Å². The van der Waals surface area contributed by atoms with E-state index in [0.29, 0.717) is 6.04 Å². The van der Waals surface area contributed by atoms with Crippen LogP contribution in [0, 0.1) is 0 Å². The fourth-order valence-corrected chi connectivity index (χ4v) is 2.75. The van der Waals surface area contributed by atoms with Crippen LogP contribution in [-0.4, -0.2) is 32.2 Å². The van der Waals surface area contributed by atoms with E-state index in [1.165, 1.54) is 11.4 Å². The van der Waals surface area contributed by atoms with Crippen LogP contribution >= 0.6 is 15.9 Å². The number of nitrogens with zero attached hydrogens (tertiary/aromatic N) is 1. The summed E-state index contributed by atoms with van der Waals surface area (Å²) in [6.45, 7) is 4.33. The molecule has 2 aliphatic heterocycles. The van der Waals surface area contributed by atoms with Gasteiger partial charge in [0.05, 0.1) is 17.4 Å². The first kappa shape index (κ1) is 9.48. The number of fused-ring (bicyclic) bond motifs is 3. The van der Waals surface area contributed by atoms with E-state index in [0.717, 1.165) is 30.7 Å². The summed E-state index contributed by atoms with van der Waals surface area (Å²) >= 11 is 3.51. The quantitative estimate of drug-likeness (QED) is 0.749. The molecule has 0 amide bonds. The van der Waals surface area contributed by atoms with Gasteiger partial charge in [-0.05, 0) is 18.2 Å². The smallest absolute Gasteiger partial charge is 0.0606 e. The highest BCUT2D eigenvalue weighted by Crippen LogP contribution is 2.34. The number of rotatable bonds is 0. The first-order valence-corrected chi connectivity index (χ1v) is 6.15. The van der Waals surface area contributed by atoms with Crippen LogP contribution in [0.4, 0.5) is 11.4 Å². The molecule has 2 aliphatic rings. The fourth-order valence-electron chi connectivity index (χ4n) is 2.39. The van der Waals surface area contributed by atoms with Crippen LogP contribution < -0.4 is 15.5 Å². The molecule has 80 valence electrons. The first-order chi connectivity index (χ1) is 7.34. The molecule has 0 spiro atoms. The van der Waals surface area contributed by atoms with Gasteiger partial charge < -0.3 is 15.5 Å². The molecule has 0 radical (unpaired) electrons. The Bertz CT molecular complexity index is 380. The molecule has 0 bridgehead atoms. The molecule has 1 aromatic rings. The van der Waals surface area contributed by atoms with Crippen molar-refractivity contribution in [2.75, 3.05) is 36.4 Å². The molecule has 3 nitrogen and oxygen atoms in total. The van der Waals surface area contributed by atoms with Crippen molar-refractivity contribution in [3.05, 3.63) is 22.7 Å². The summed E-state index contributed by atoms with van der Waals surface area (Å²) < 4.78 is 1.14. The number of nitrogens with one attached hydrogen (secondary N) is 2. The molecule has 2 N–H and O–H groups in total. The van der Waals surface area contributed by atoms with Crippen molar-refractivity contribution >= 4 is 27.3 Å². The van der Waals surface area contributed by atoms with Crippen molar-refractivity contribution in [3.8, 4) is 0 Å². The van der Waals surface area contributed by atoms with Crippen LogP contribution in [0.1, 0.15) is 0 Å². The van der Waals surface area contributed by atoms with Gasteiger partial charge in [0.1, 0.15) is 0 Å². The topological polar surface area (TPSA) is 27.3 Å². The summed E-state index contributed by atoms with van der Waals surface area (Å²) in [5, 5.41) is 6.93. The van der Waals surface area contributed by atoms with Gasteiger partial charge in [0.2, 0.25) is 0 Å². The van der Waals surface area contributed by atoms with Gasteiger partial charge in [-0.25, -0.2) is 0 Å². The summed E-state index contributed by atoms with van der Waals surface area (Å²) in [5.74, 6) is 0. The Morgan fingerprint density at radius 3 is 3.20 bits per heavy atom. The average Bonchev–Trinajstić information content (AvgIpc) is 2.28. The molecular formula is C11H14BrN3. The third kappa shape index (κ3) is 1.62. The SMILES string of the molecule is Brc1ccc2c(c1)NCC1CNCCN21. The van der Waals surface area contributed by atoms with Crippen molar-refractivity contribution in [1.82, 2.24) is 5.32 Å². The van der Waals surface area contributed by atoms with Crippen LogP contribution in [0.25, 0.3) is 0 Å². The molecule has 2 heterocycles. The Balaban J connectivity index is 1.99. The number of piperazine rings is 1. The van der Waals surface area contributed by atoms with Gasteiger partial charge in [0.15, 0.2) is 0 Å². The van der Waals surface area contributed by atoms with Crippen molar-refractivity contribution in [2.45, 2.75) is 6.04 Å². The van der Waals surface area contributed by atoms with Gasteiger partial charge in [0, 0.05) is 30.7 Å². The minimum Gasteiger partial charge on any atom is -0.381 e. The maximum absolute atomic E-state index is 3.51. The first-order valence-electron chi connectivity index (χ1n) is 5.35. The van der Waals surface area contributed by atoms with E-state index >= 15 is 0 Å². The van der Waals surface area contributed by atoms with Gasteiger partial charge in [-0.15, -0.1) is 0 Å². The standard InChI is InChI=1S/C11H14BrN3/c12-8-1-2-11-10(5-8)14-7-9-6-13-3-4-15(9)11/h1-2,5,9,13-14H,3-4,6-7H2. The lowest BCUT2D eigenvalue weighted by molar-refractivity contribution is 0.482. The molecule has 1 atom stereocenters. The Kier molecular flexibility index (Phi) is 2.33. The minimum absolute atomic E-state index is 0.604. The third-order valence-electron chi connectivity index (χ3n) is 3.15. The second-order valence-electron chi connectivity index (χ2n) is 4.09. The number of hydrogen-bond acceptors (Lipinski definition) is 3. The van der Waals surface area contributed by atoms with Gasteiger partial charge in [-0.2, -0.15) is 0 Å². The van der Waals surface area contributed by atoms with Crippen molar-refractivity contribution < 1.29 is 0 Å². The number of anilines is 2. The lowest BCUT2D eigenvalue weighted by atomic mass is 10.1. The van der Waals surface area contributed by atoms with E-state index in [1.54, 1.807) is 0 Å². The molecular weight excluding hydrogens is 254 g/mol. The van der Waals surface area contributed by atoms with E-state index in [9.17, 15) is 0 Å². The molecule has 1 aromatic carbocycles. The molecule has 1 fully saturated rings. The number of hydrogen-bond donors (Lipinski definition) is 2. The van der Waals surface area contributed by atoms with E-state index in [1.807, 2.05) is 0 Å². The predicted octanol–water partition coefficient (Wildman–Crippen LogP) is 1.65. The lowest BCUT2D eigenvalue weighted by Gasteiger charge is -2.42. The van der Waals surface area contributed by atoms with Gasteiger partial charge in [0.25, 0.3) is 0 Å². The summed E-state index contributed by atoms with van der Waals surface area (Å²) in [6, 6.07) is 7.08. The van der Waals surface area contributed by atoms with E-state index in [-0.39, 0.29) is 0 Å². The third-order valence-corrected chi connectivity index (χ3v) is 3.64. The minimum atomic E-state index is 0.604. The Hall–Kier alpha value is -0.740. The summed E-state index contributed by atoms with van der Waals surface area (Å²) in [6.07, 6.45) is 0. The van der Waals surface area contributed by atoms with Crippen LogP contribution in [0.5, 0.6) is 0 Å². The Morgan fingerprint density at radius 2 is 2.27 bits per heavy atom. The monoisotopic (exact) mass is 267 g/mol. The fraction of sp³-hybridized carbons (Fsp3) is 0.455. The van der Waals surface area contributed by atoms with Crippen molar-refractivity contribution in [3.63, 3.8) is 0 Å². The van der Waals surface area contributed by atoms with Crippen LogP contribution in [0.15, 0.2) is 22.7 Å².